The van der Waals surface area contributed by atoms with Gasteiger partial charge in [-0.05, 0) is 41.8 Å². The van der Waals surface area contributed by atoms with E-state index in [1.807, 2.05) is 54.6 Å². The predicted octanol–water partition coefficient (Wildman–Crippen LogP) is 5.68. The molecular weight excluding hydrogens is 306 g/mol. The number of aryl methyl sites for hydroxylation is 1. The molecule has 0 aliphatic heterocycles. The van der Waals surface area contributed by atoms with Crippen molar-refractivity contribution in [2.75, 3.05) is 5.32 Å². The van der Waals surface area contributed by atoms with Crippen LogP contribution in [-0.2, 0) is 0 Å². The van der Waals surface area contributed by atoms with E-state index in [1.54, 1.807) is 0 Å². The molecule has 0 saturated carbocycles. The highest BCUT2D eigenvalue weighted by atomic mass is 19.2. The largest absolute Gasteiger partial charge is 0.355 e. The van der Waals surface area contributed by atoms with Gasteiger partial charge in [0.2, 0.25) is 0 Å². The number of benzene rings is 3. The van der Waals surface area contributed by atoms with E-state index < -0.39 is 11.6 Å². The van der Waals surface area contributed by atoms with Crippen LogP contribution in [0, 0.1) is 24.0 Å². The van der Waals surface area contributed by atoms with Gasteiger partial charge in [0, 0.05) is 11.9 Å². The molecule has 3 aromatic carbocycles. The molecule has 0 fully saturated rings. The zero-order chi connectivity index (χ0) is 17.1. The highest BCUT2D eigenvalue weighted by molar-refractivity contribution is 5.88. The van der Waals surface area contributed by atoms with Gasteiger partial charge in [0.25, 0.3) is 0 Å². The summed E-state index contributed by atoms with van der Waals surface area (Å²) in [5.74, 6) is -1.92. The summed E-state index contributed by atoms with van der Waals surface area (Å²) in [5.41, 5.74) is 3.38. The zero-order valence-electron chi connectivity index (χ0n) is 13.1. The minimum absolute atomic E-state index is 0.0924. The number of hydrogen-bond acceptors (Lipinski definition) is 2. The second-order valence-corrected chi connectivity index (χ2v) is 5.50. The average molecular weight is 322 g/mol. The average Bonchev–Trinajstić information content (AvgIpc) is 2.61. The lowest BCUT2D eigenvalue weighted by Crippen LogP contribution is -2.03. The van der Waals surface area contributed by atoms with Crippen molar-refractivity contribution < 1.29 is 8.78 Å². The lowest BCUT2D eigenvalue weighted by atomic mass is 10.0. The van der Waals surface area contributed by atoms with E-state index in [9.17, 15) is 8.78 Å². The van der Waals surface area contributed by atoms with Crippen LogP contribution in [-0.4, -0.2) is 6.21 Å². The first-order chi connectivity index (χ1) is 11.6. The highest BCUT2D eigenvalue weighted by Gasteiger charge is 2.15. The number of rotatable bonds is 4. The van der Waals surface area contributed by atoms with E-state index >= 15 is 0 Å². The number of nitrogens with one attached hydrogen (secondary N) is 2. The highest BCUT2D eigenvalue weighted by Crippen LogP contribution is 2.28. The predicted molar refractivity (Wildman–Crippen MR) is 94.1 cm³/mol. The third kappa shape index (κ3) is 3.04. The maximum atomic E-state index is 13.9. The lowest BCUT2D eigenvalue weighted by molar-refractivity contribution is 0.502. The monoisotopic (exact) mass is 322 g/mol. The van der Waals surface area contributed by atoms with E-state index in [-0.39, 0.29) is 11.1 Å². The van der Waals surface area contributed by atoms with Crippen LogP contribution in [0.4, 0.5) is 20.2 Å². The van der Waals surface area contributed by atoms with Crippen molar-refractivity contribution in [2.45, 2.75) is 6.92 Å². The summed E-state index contributed by atoms with van der Waals surface area (Å²) in [6.45, 7) is 1.50. The van der Waals surface area contributed by atoms with Gasteiger partial charge in [0.05, 0.1) is 11.3 Å². The summed E-state index contributed by atoms with van der Waals surface area (Å²) >= 11 is 0. The molecule has 3 rings (SSSR count). The molecule has 0 aliphatic carbocycles. The Morgan fingerprint density at radius 2 is 1.50 bits per heavy atom. The Balaban J connectivity index is 1.91. The van der Waals surface area contributed by atoms with Crippen molar-refractivity contribution in [1.82, 2.24) is 0 Å². The molecule has 0 bridgehead atoms. The normalized spacial score (nSPS) is 10.5. The zero-order valence-corrected chi connectivity index (χ0v) is 13.1. The van der Waals surface area contributed by atoms with Crippen LogP contribution >= 0.6 is 0 Å². The van der Waals surface area contributed by atoms with Gasteiger partial charge in [-0.3, -0.25) is 0 Å². The van der Waals surface area contributed by atoms with Crippen LogP contribution in [0.1, 0.15) is 11.1 Å². The smallest absolute Gasteiger partial charge is 0.169 e. The van der Waals surface area contributed by atoms with Crippen molar-refractivity contribution in [2.24, 2.45) is 0 Å². The molecule has 0 atom stereocenters. The number of halogens is 2. The molecule has 24 heavy (non-hydrogen) atoms. The third-order valence-electron chi connectivity index (χ3n) is 3.84. The summed E-state index contributed by atoms with van der Waals surface area (Å²) in [5, 5.41) is 10.4. The van der Waals surface area contributed by atoms with Crippen molar-refractivity contribution in [1.29, 1.82) is 5.41 Å². The Bertz CT molecular complexity index is 872. The molecule has 0 aliphatic rings. The van der Waals surface area contributed by atoms with Gasteiger partial charge in [-0.2, -0.15) is 0 Å². The molecule has 2 N–H and O–H groups in total. The topological polar surface area (TPSA) is 35.9 Å². The van der Waals surface area contributed by atoms with E-state index in [0.29, 0.717) is 5.69 Å². The Morgan fingerprint density at radius 1 is 0.875 bits per heavy atom. The third-order valence-corrected chi connectivity index (χ3v) is 3.84. The van der Waals surface area contributed by atoms with Crippen LogP contribution in [0.25, 0.3) is 11.1 Å². The maximum Gasteiger partial charge on any atom is 0.169 e. The molecule has 0 unspecified atom stereocenters. The maximum absolute atomic E-state index is 13.9. The first kappa shape index (κ1) is 15.9. The van der Waals surface area contributed by atoms with E-state index in [4.69, 9.17) is 5.41 Å². The van der Waals surface area contributed by atoms with Crippen molar-refractivity contribution >= 4 is 17.6 Å². The van der Waals surface area contributed by atoms with Crippen LogP contribution in [0.2, 0.25) is 0 Å². The SMILES string of the molecule is Cc1cc(Nc2ccc(-c3ccccc3)cc2)c(C=N)c(F)c1F. The molecule has 0 aromatic heterocycles. The van der Waals surface area contributed by atoms with Crippen molar-refractivity contribution in [3.63, 3.8) is 0 Å². The first-order valence-electron chi connectivity index (χ1n) is 7.51. The second kappa shape index (κ2) is 6.62. The van der Waals surface area contributed by atoms with Crippen molar-refractivity contribution in [3.05, 3.63) is 83.4 Å². The summed E-state index contributed by atoms with van der Waals surface area (Å²) in [6, 6.07) is 19.1. The first-order valence-corrected chi connectivity index (χ1v) is 7.51. The summed E-state index contributed by atoms with van der Waals surface area (Å²) in [4.78, 5) is 0. The summed E-state index contributed by atoms with van der Waals surface area (Å²) < 4.78 is 27.6. The molecular formula is C20H16F2N2. The second-order valence-electron chi connectivity index (χ2n) is 5.50. The quantitative estimate of drug-likeness (QED) is 0.595. The molecule has 0 saturated heterocycles. The van der Waals surface area contributed by atoms with Gasteiger partial charge in [-0.25, -0.2) is 8.78 Å². The van der Waals surface area contributed by atoms with Crippen LogP contribution < -0.4 is 5.32 Å². The van der Waals surface area contributed by atoms with Gasteiger partial charge in [0.15, 0.2) is 11.6 Å². The standard InChI is InChI=1S/C20H16F2N2/c1-13-11-18(17(12-23)20(22)19(13)21)24-16-9-7-15(8-10-16)14-5-3-2-4-6-14/h2-12,23-24H,1H3. The fourth-order valence-electron chi connectivity index (χ4n) is 2.54. The lowest BCUT2D eigenvalue weighted by Gasteiger charge is -2.13. The number of anilines is 2. The van der Waals surface area contributed by atoms with Gasteiger partial charge in [0.1, 0.15) is 0 Å². The molecule has 0 spiro atoms. The van der Waals surface area contributed by atoms with E-state index in [0.717, 1.165) is 23.0 Å². The van der Waals surface area contributed by atoms with Gasteiger partial charge < -0.3 is 10.7 Å². The minimum Gasteiger partial charge on any atom is -0.355 e. The molecule has 0 radical (unpaired) electrons. The fraction of sp³-hybridized carbons (Fsp3) is 0.0500. The summed E-state index contributed by atoms with van der Waals surface area (Å²) in [7, 11) is 0. The Labute approximate surface area is 139 Å². The van der Waals surface area contributed by atoms with Crippen LogP contribution in [0.15, 0.2) is 60.7 Å². The fourth-order valence-corrected chi connectivity index (χ4v) is 2.54. The molecule has 3 aromatic rings. The molecule has 0 heterocycles. The Hall–Kier alpha value is -3.01. The van der Waals surface area contributed by atoms with Gasteiger partial charge >= 0.3 is 0 Å². The van der Waals surface area contributed by atoms with Gasteiger partial charge in [-0.15, -0.1) is 0 Å². The molecule has 120 valence electrons. The molecule has 2 nitrogen and oxygen atoms in total. The van der Waals surface area contributed by atoms with Crippen molar-refractivity contribution in [3.8, 4) is 11.1 Å². The van der Waals surface area contributed by atoms with Crippen LogP contribution in [0.5, 0.6) is 0 Å². The molecule has 0 amide bonds. The van der Waals surface area contributed by atoms with Gasteiger partial charge in [-0.1, -0.05) is 42.5 Å². The molecule has 4 heteroatoms. The number of hydrogen-bond donors (Lipinski definition) is 2. The van der Waals surface area contributed by atoms with E-state index in [1.165, 1.54) is 13.0 Å². The summed E-state index contributed by atoms with van der Waals surface area (Å²) in [6.07, 6.45) is 0.818. The minimum atomic E-state index is -1.01. The van der Waals surface area contributed by atoms with E-state index in [2.05, 4.69) is 5.32 Å². The van der Waals surface area contributed by atoms with Crippen LogP contribution in [0.3, 0.4) is 0 Å². The Kier molecular flexibility index (Phi) is 4.38. The Morgan fingerprint density at radius 3 is 2.12 bits per heavy atom.